The van der Waals surface area contributed by atoms with E-state index < -0.39 is 11.4 Å². The van der Waals surface area contributed by atoms with Crippen LogP contribution >= 0.6 is 0 Å². The second-order valence-electron chi connectivity index (χ2n) is 3.69. The van der Waals surface area contributed by atoms with Crippen molar-refractivity contribution in [1.29, 1.82) is 0 Å². The van der Waals surface area contributed by atoms with E-state index in [1.165, 1.54) is 20.3 Å². The van der Waals surface area contributed by atoms with E-state index in [0.717, 1.165) is 0 Å². The number of ether oxygens (including phenoxy) is 2. The molecular formula is C11H13FO3. The van der Waals surface area contributed by atoms with Gasteiger partial charge < -0.3 is 14.6 Å². The molecule has 1 saturated carbocycles. The second-order valence-corrected chi connectivity index (χ2v) is 3.69. The number of benzene rings is 1. The van der Waals surface area contributed by atoms with Crippen molar-refractivity contribution in [3.8, 4) is 11.5 Å². The Labute approximate surface area is 87.4 Å². The van der Waals surface area contributed by atoms with E-state index in [0.29, 0.717) is 18.6 Å². The molecule has 1 aromatic carbocycles. The van der Waals surface area contributed by atoms with E-state index >= 15 is 0 Å². The largest absolute Gasteiger partial charge is 0.496 e. The third kappa shape index (κ3) is 1.55. The average Bonchev–Trinajstić information content (AvgIpc) is 2.96. The summed E-state index contributed by atoms with van der Waals surface area (Å²) in [4.78, 5) is 0. The van der Waals surface area contributed by atoms with Gasteiger partial charge in [0.05, 0.1) is 25.4 Å². The van der Waals surface area contributed by atoms with E-state index in [4.69, 9.17) is 9.47 Å². The number of hydrogen-bond donors (Lipinski definition) is 1. The minimum absolute atomic E-state index is 0.131. The molecule has 1 aliphatic carbocycles. The van der Waals surface area contributed by atoms with Gasteiger partial charge in [0, 0.05) is 0 Å². The highest BCUT2D eigenvalue weighted by Gasteiger charge is 2.47. The van der Waals surface area contributed by atoms with E-state index in [9.17, 15) is 9.50 Å². The van der Waals surface area contributed by atoms with Crippen LogP contribution in [0.1, 0.15) is 18.4 Å². The number of methoxy groups -OCH3 is 2. The number of rotatable bonds is 3. The van der Waals surface area contributed by atoms with E-state index in [1.807, 2.05) is 0 Å². The molecule has 0 saturated heterocycles. The monoisotopic (exact) mass is 212 g/mol. The second kappa shape index (κ2) is 3.38. The van der Waals surface area contributed by atoms with Crippen molar-refractivity contribution < 1.29 is 19.0 Å². The third-order valence-corrected chi connectivity index (χ3v) is 2.70. The molecule has 0 bridgehead atoms. The summed E-state index contributed by atoms with van der Waals surface area (Å²) in [5, 5.41) is 9.94. The van der Waals surface area contributed by atoms with Gasteiger partial charge in [-0.1, -0.05) is 0 Å². The van der Waals surface area contributed by atoms with Gasteiger partial charge in [-0.3, -0.25) is 0 Å². The zero-order valence-corrected chi connectivity index (χ0v) is 8.71. The normalized spacial score (nSPS) is 17.3. The molecule has 82 valence electrons. The Morgan fingerprint density at radius 1 is 1.20 bits per heavy atom. The lowest BCUT2D eigenvalue weighted by Gasteiger charge is -2.16. The van der Waals surface area contributed by atoms with Crippen LogP contribution in [0.3, 0.4) is 0 Å². The maximum atomic E-state index is 13.9. The molecule has 0 amide bonds. The molecule has 1 aliphatic rings. The van der Waals surface area contributed by atoms with Crippen LogP contribution in [0.25, 0.3) is 0 Å². The highest BCUT2D eigenvalue weighted by atomic mass is 19.1. The van der Waals surface area contributed by atoms with Crippen molar-refractivity contribution in [3.05, 3.63) is 23.5 Å². The lowest BCUT2D eigenvalue weighted by atomic mass is 10.1. The van der Waals surface area contributed by atoms with Crippen molar-refractivity contribution in [3.63, 3.8) is 0 Å². The highest BCUT2D eigenvalue weighted by Crippen LogP contribution is 2.51. The molecule has 1 aromatic rings. The summed E-state index contributed by atoms with van der Waals surface area (Å²) in [6, 6.07) is 3.09. The third-order valence-electron chi connectivity index (χ3n) is 2.70. The summed E-state index contributed by atoms with van der Waals surface area (Å²) in [6.45, 7) is 0. The summed E-state index contributed by atoms with van der Waals surface area (Å²) in [5.74, 6) is -0.0312. The molecule has 0 unspecified atom stereocenters. The molecule has 3 nitrogen and oxygen atoms in total. The summed E-state index contributed by atoms with van der Waals surface area (Å²) in [6.07, 6.45) is 1.13. The van der Waals surface area contributed by atoms with Crippen molar-refractivity contribution in [2.75, 3.05) is 14.2 Å². The first kappa shape index (κ1) is 10.2. The van der Waals surface area contributed by atoms with Gasteiger partial charge >= 0.3 is 0 Å². The fourth-order valence-corrected chi connectivity index (χ4v) is 1.67. The van der Waals surface area contributed by atoms with Crippen molar-refractivity contribution in [1.82, 2.24) is 0 Å². The Morgan fingerprint density at radius 2 is 1.73 bits per heavy atom. The molecule has 4 heteroatoms. The van der Waals surface area contributed by atoms with Crippen molar-refractivity contribution in [2.24, 2.45) is 0 Å². The molecule has 0 heterocycles. The van der Waals surface area contributed by atoms with Gasteiger partial charge in [-0.15, -0.1) is 0 Å². The minimum Gasteiger partial charge on any atom is -0.496 e. The Balaban J connectivity index is 2.56. The lowest BCUT2D eigenvalue weighted by molar-refractivity contribution is 0.141. The molecule has 0 aromatic heterocycles. The van der Waals surface area contributed by atoms with Crippen LogP contribution < -0.4 is 9.47 Å². The van der Waals surface area contributed by atoms with Crippen LogP contribution in [0.15, 0.2) is 12.1 Å². The van der Waals surface area contributed by atoms with Gasteiger partial charge in [-0.05, 0) is 25.0 Å². The predicted molar refractivity (Wildman–Crippen MR) is 52.6 cm³/mol. The van der Waals surface area contributed by atoms with Gasteiger partial charge in [0.25, 0.3) is 0 Å². The van der Waals surface area contributed by atoms with Gasteiger partial charge in [0.2, 0.25) is 0 Å². The van der Waals surface area contributed by atoms with Crippen molar-refractivity contribution in [2.45, 2.75) is 18.4 Å². The van der Waals surface area contributed by atoms with Crippen LogP contribution in [0, 0.1) is 5.82 Å². The Kier molecular flexibility index (Phi) is 2.31. The maximum Gasteiger partial charge on any atom is 0.174 e. The molecule has 1 N–H and O–H groups in total. The van der Waals surface area contributed by atoms with Crippen molar-refractivity contribution >= 4 is 0 Å². The van der Waals surface area contributed by atoms with Crippen LogP contribution in [0.5, 0.6) is 11.5 Å². The van der Waals surface area contributed by atoms with Gasteiger partial charge in [-0.25, -0.2) is 4.39 Å². The molecule has 0 radical (unpaired) electrons. The van der Waals surface area contributed by atoms with E-state index in [1.54, 1.807) is 6.07 Å². The Bertz CT molecular complexity index is 386. The van der Waals surface area contributed by atoms with Gasteiger partial charge in [0.15, 0.2) is 11.6 Å². The summed E-state index contributed by atoms with van der Waals surface area (Å²) < 4.78 is 23.8. The van der Waals surface area contributed by atoms with E-state index in [2.05, 4.69) is 0 Å². The number of halogens is 1. The Hall–Kier alpha value is -1.29. The Morgan fingerprint density at radius 3 is 2.20 bits per heavy atom. The first-order valence-electron chi connectivity index (χ1n) is 4.76. The van der Waals surface area contributed by atoms with Crippen LogP contribution in [0.4, 0.5) is 4.39 Å². The van der Waals surface area contributed by atoms with E-state index in [-0.39, 0.29) is 11.3 Å². The molecule has 0 atom stereocenters. The fourth-order valence-electron chi connectivity index (χ4n) is 1.67. The summed E-state index contributed by atoms with van der Waals surface area (Å²) >= 11 is 0. The molecule has 2 rings (SSSR count). The number of hydrogen-bond acceptors (Lipinski definition) is 3. The van der Waals surface area contributed by atoms with Gasteiger partial charge in [0.1, 0.15) is 5.75 Å². The summed E-state index contributed by atoms with van der Waals surface area (Å²) in [5.41, 5.74) is -0.853. The SMILES string of the molecule is COc1ccc(OC)c(C2(O)CC2)c1F. The predicted octanol–water partition coefficient (Wildman–Crippen LogP) is 1.82. The zero-order valence-electron chi connectivity index (χ0n) is 8.71. The average molecular weight is 212 g/mol. The molecule has 0 spiro atoms. The standard InChI is InChI=1S/C11H13FO3/c1-14-7-3-4-8(15-2)10(12)9(7)11(13)5-6-11/h3-4,13H,5-6H2,1-2H3. The van der Waals surface area contributed by atoms with Crippen LogP contribution in [-0.4, -0.2) is 19.3 Å². The molecular weight excluding hydrogens is 199 g/mol. The zero-order chi connectivity index (χ0) is 11.1. The molecule has 15 heavy (non-hydrogen) atoms. The minimum atomic E-state index is -1.07. The molecule has 0 aliphatic heterocycles. The van der Waals surface area contributed by atoms with Gasteiger partial charge in [-0.2, -0.15) is 0 Å². The highest BCUT2D eigenvalue weighted by molar-refractivity contribution is 5.47. The molecule has 1 fully saturated rings. The van der Waals surface area contributed by atoms with Crippen LogP contribution in [-0.2, 0) is 5.60 Å². The fraction of sp³-hybridized carbons (Fsp3) is 0.455. The van der Waals surface area contributed by atoms with Crippen LogP contribution in [0.2, 0.25) is 0 Å². The maximum absolute atomic E-state index is 13.9. The summed E-state index contributed by atoms with van der Waals surface area (Å²) in [7, 11) is 2.85. The first-order chi connectivity index (χ1) is 7.12. The quantitative estimate of drug-likeness (QED) is 0.830. The topological polar surface area (TPSA) is 38.7 Å². The smallest absolute Gasteiger partial charge is 0.174 e. The number of aliphatic hydroxyl groups is 1. The lowest BCUT2D eigenvalue weighted by Crippen LogP contribution is -2.10. The first-order valence-corrected chi connectivity index (χ1v) is 4.76.